The molecule has 5 atom stereocenters. The molecule has 0 aliphatic carbocycles. The van der Waals surface area contributed by atoms with Crippen molar-refractivity contribution in [3.05, 3.63) is 0 Å². The van der Waals surface area contributed by atoms with E-state index in [1.54, 1.807) is 20.1 Å². The summed E-state index contributed by atoms with van der Waals surface area (Å²) in [7, 11) is 0. The maximum Gasteiger partial charge on any atom is 0.326 e. The van der Waals surface area contributed by atoms with Gasteiger partial charge in [0.15, 0.2) is 0 Å². The Morgan fingerprint density at radius 1 is 1.00 bits per heavy atom. The number of rotatable bonds is 15. The third-order valence-corrected chi connectivity index (χ3v) is 5.24. The van der Waals surface area contributed by atoms with Crippen LogP contribution in [0.5, 0.6) is 0 Å². The lowest BCUT2D eigenvalue weighted by molar-refractivity contribution is -0.144. The molecule has 0 fully saturated rings. The fourth-order valence-corrected chi connectivity index (χ4v) is 2.97. The summed E-state index contributed by atoms with van der Waals surface area (Å²) < 4.78 is 0. The van der Waals surface area contributed by atoms with Crippen molar-refractivity contribution in [1.82, 2.24) is 16.0 Å². The van der Waals surface area contributed by atoms with Crippen LogP contribution in [0.3, 0.4) is 0 Å². The zero-order valence-corrected chi connectivity index (χ0v) is 18.7. The molecule has 0 heterocycles. The molecule has 12 nitrogen and oxygen atoms in total. The number of carbonyl (C=O) groups excluding carboxylic acids is 4. The minimum atomic E-state index is -1.42. The molecule has 0 saturated heterocycles. The summed E-state index contributed by atoms with van der Waals surface area (Å²) >= 11 is 1.41. The summed E-state index contributed by atoms with van der Waals surface area (Å²) in [6.45, 7) is 2.63. The van der Waals surface area contributed by atoms with Crippen LogP contribution in [0.2, 0.25) is 0 Å². The lowest BCUT2D eigenvalue weighted by Gasteiger charge is -2.25. The highest BCUT2D eigenvalue weighted by Gasteiger charge is 2.31. The van der Waals surface area contributed by atoms with E-state index in [1.165, 1.54) is 11.8 Å². The second-order valence-electron chi connectivity index (χ2n) is 7.07. The average molecular weight is 464 g/mol. The molecular formula is C18H33N5O7S. The van der Waals surface area contributed by atoms with Crippen LogP contribution in [0.1, 0.15) is 33.1 Å². The largest absolute Gasteiger partial charge is 0.480 e. The number of primary amides is 1. The molecule has 5 unspecified atom stereocenters. The highest BCUT2D eigenvalue weighted by molar-refractivity contribution is 7.98. The molecule has 0 aromatic heterocycles. The molecule has 0 bridgehead atoms. The zero-order chi connectivity index (χ0) is 24.1. The number of hydrogen-bond donors (Lipinski definition) is 7. The van der Waals surface area contributed by atoms with Crippen molar-refractivity contribution in [2.24, 2.45) is 17.4 Å². The van der Waals surface area contributed by atoms with Gasteiger partial charge in [-0.2, -0.15) is 11.8 Å². The third kappa shape index (κ3) is 10.5. The van der Waals surface area contributed by atoms with Gasteiger partial charge >= 0.3 is 5.97 Å². The van der Waals surface area contributed by atoms with Crippen LogP contribution in [0, 0.1) is 5.92 Å². The van der Waals surface area contributed by atoms with Crippen molar-refractivity contribution >= 4 is 41.4 Å². The van der Waals surface area contributed by atoms with Crippen molar-refractivity contribution in [1.29, 1.82) is 0 Å². The number of nitrogens with one attached hydrogen (secondary N) is 3. The first-order valence-corrected chi connectivity index (χ1v) is 11.1. The first kappa shape index (κ1) is 28.6. The van der Waals surface area contributed by atoms with Gasteiger partial charge in [-0.15, -0.1) is 0 Å². The first-order valence-electron chi connectivity index (χ1n) is 9.75. The fourth-order valence-electron chi connectivity index (χ4n) is 2.50. The monoisotopic (exact) mass is 463 g/mol. The number of nitrogens with two attached hydrogens (primary N) is 2. The van der Waals surface area contributed by atoms with Gasteiger partial charge in [-0.1, -0.05) is 20.3 Å². The van der Waals surface area contributed by atoms with Crippen molar-refractivity contribution in [2.45, 2.75) is 57.3 Å². The Morgan fingerprint density at radius 3 is 2.00 bits per heavy atom. The van der Waals surface area contributed by atoms with E-state index < -0.39 is 66.8 Å². The summed E-state index contributed by atoms with van der Waals surface area (Å²) in [4.78, 5) is 59.5. The van der Waals surface area contributed by atoms with E-state index >= 15 is 0 Å². The van der Waals surface area contributed by atoms with Gasteiger partial charge in [0, 0.05) is 0 Å². The Bertz CT molecular complexity index is 649. The van der Waals surface area contributed by atoms with Gasteiger partial charge < -0.3 is 37.6 Å². The minimum absolute atomic E-state index is 0.187. The summed E-state index contributed by atoms with van der Waals surface area (Å²) in [5, 5.41) is 25.9. The van der Waals surface area contributed by atoms with Crippen molar-refractivity contribution < 1.29 is 34.2 Å². The SMILES string of the molecule is CCC(C)C(NC(=O)C(CO)NC(=O)C(CCSC)NC(=O)C(N)CC(N)=O)C(=O)O. The lowest BCUT2D eigenvalue weighted by Crippen LogP contribution is -2.58. The van der Waals surface area contributed by atoms with E-state index in [0.717, 1.165) is 0 Å². The van der Waals surface area contributed by atoms with Gasteiger partial charge in [-0.05, 0) is 24.3 Å². The van der Waals surface area contributed by atoms with Crippen LogP contribution >= 0.6 is 11.8 Å². The molecule has 0 rings (SSSR count). The van der Waals surface area contributed by atoms with E-state index in [4.69, 9.17) is 11.5 Å². The molecule has 0 aromatic rings. The fraction of sp³-hybridized carbons (Fsp3) is 0.722. The Kier molecular flexibility index (Phi) is 13.5. The summed E-state index contributed by atoms with van der Waals surface area (Å²) in [6.07, 6.45) is 2.06. The van der Waals surface area contributed by atoms with E-state index in [2.05, 4.69) is 16.0 Å². The molecule has 0 aliphatic rings. The second kappa shape index (κ2) is 14.6. The number of carbonyl (C=O) groups is 5. The molecule has 0 spiro atoms. The minimum Gasteiger partial charge on any atom is -0.480 e. The van der Waals surface area contributed by atoms with Gasteiger partial charge in [0.2, 0.25) is 23.6 Å². The summed E-state index contributed by atoms with van der Waals surface area (Å²) in [6, 6.07) is -4.95. The van der Waals surface area contributed by atoms with Crippen LogP contribution in [0.4, 0.5) is 0 Å². The van der Waals surface area contributed by atoms with E-state index in [0.29, 0.717) is 12.2 Å². The summed E-state index contributed by atoms with van der Waals surface area (Å²) in [5.41, 5.74) is 10.6. The highest BCUT2D eigenvalue weighted by atomic mass is 32.2. The molecule has 31 heavy (non-hydrogen) atoms. The molecule has 4 amide bonds. The van der Waals surface area contributed by atoms with Crippen LogP contribution in [0.15, 0.2) is 0 Å². The number of amides is 4. The average Bonchev–Trinajstić information content (AvgIpc) is 2.71. The van der Waals surface area contributed by atoms with Gasteiger partial charge in [-0.3, -0.25) is 19.2 Å². The Balaban J connectivity index is 5.25. The van der Waals surface area contributed by atoms with E-state index in [1.807, 2.05) is 0 Å². The maximum atomic E-state index is 12.6. The number of hydrogen-bond acceptors (Lipinski definition) is 8. The van der Waals surface area contributed by atoms with E-state index in [-0.39, 0.29) is 12.3 Å². The van der Waals surface area contributed by atoms with Crippen molar-refractivity contribution in [3.8, 4) is 0 Å². The molecule has 0 radical (unpaired) electrons. The number of aliphatic hydroxyl groups is 1. The van der Waals surface area contributed by atoms with Crippen LogP contribution < -0.4 is 27.4 Å². The number of aliphatic carboxylic acids is 1. The molecule has 9 N–H and O–H groups in total. The van der Waals surface area contributed by atoms with Gasteiger partial charge in [0.25, 0.3) is 0 Å². The number of carboxylic acid groups (broad SMARTS) is 1. The van der Waals surface area contributed by atoms with Gasteiger partial charge in [0.05, 0.1) is 19.1 Å². The third-order valence-electron chi connectivity index (χ3n) is 4.59. The first-order chi connectivity index (χ1) is 14.5. The maximum absolute atomic E-state index is 12.6. The van der Waals surface area contributed by atoms with E-state index in [9.17, 15) is 34.2 Å². The smallest absolute Gasteiger partial charge is 0.326 e. The Hall–Kier alpha value is -2.38. The van der Waals surface area contributed by atoms with Crippen LogP contribution in [-0.2, 0) is 24.0 Å². The van der Waals surface area contributed by atoms with Gasteiger partial charge in [-0.25, -0.2) is 4.79 Å². The second-order valence-corrected chi connectivity index (χ2v) is 8.06. The number of aliphatic hydroxyl groups excluding tert-OH is 1. The molecule has 0 saturated carbocycles. The van der Waals surface area contributed by atoms with Crippen LogP contribution in [0.25, 0.3) is 0 Å². The molecule has 178 valence electrons. The quantitative estimate of drug-likeness (QED) is 0.137. The molecular weight excluding hydrogens is 430 g/mol. The topological polar surface area (TPSA) is 214 Å². The molecule has 13 heteroatoms. The Labute approximate surface area is 185 Å². The standard InChI is InChI=1S/C18H33N5O7S/c1-4-9(2)14(18(29)30)23-17(28)12(8-24)22-16(27)11(5-6-31-3)21-15(26)10(19)7-13(20)25/h9-12,14,24H,4-8,19H2,1-3H3,(H2,20,25)(H,21,26)(H,22,27)(H,23,28)(H,29,30). The Morgan fingerprint density at radius 2 is 1.55 bits per heavy atom. The van der Waals surface area contributed by atoms with Gasteiger partial charge in [0.1, 0.15) is 18.1 Å². The predicted molar refractivity (Wildman–Crippen MR) is 115 cm³/mol. The normalized spacial score (nSPS) is 15.6. The highest BCUT2D eigenvalue weighted by Crippen LogP contribution is 2.08. The van der Waals surface area contributed by atoms with Crippen molar-refractivity contribution in [3.63, 3.8) is 0 Å². The predicted octanol–water partition coefficient (Wildman–Crippen LogP) is -2.48. The number of carboxylic acids is 1. The molecule has 0 aromatic carbocycles. The molecule has 0 aliphatic heterocycles. The van der Waals surface area contributed by atoms with Crippen LogP contribution in [-0.4, -0.2) is 82.6 Å². The zero-order valence-electron chi connectivity index (χ0n) is 17.9. The lowest BCUT2D eigenvalue weighted by atomic mass is 9.99. The summed E-state index contributed by atoms with van der Waals surface area (Å²) in [5.74, 6) is -4.32. The number of thioether (sulfide) groups is 1. The van der Waals surface area contributed by atoms with Crippen molar-refractivity contribution in [2.75, 3.05) is 18.6 Å².